The molecule has 1 aliphatic rings. The van der Waals surface area contributed by atoms with Gasteiger partial charge in [0, 0.05) is 29.9 Å². The van der Waals surface area contributed by atoms with Gasteiger partial charge >= 0.3 is 0 Å². The second-order valence-electron chi connectivity index (χ2n) is 7.78. The zero-order chi connectivity index (χ0) is 24.5. The number of pyridine rings is 1. The number of nitrogens with one attached hydrogen (secondary N) is 3. The molecule has 0 bridgehead atoms. The van der Waals surface area contributed by atoms with Crippen molar-refractivity contribution in [1.82, 2.24) is 25.5 Å². The fraction of sp³-hybridized carbons (Fsp3) is 0.304. The van der Waals surface area contributed by atoms with E-state index in [0.29, 0.717) is 17.1 Å². The van der Waals surface area contributed by atoms with Crippen LogP contribution in [-0.4, -0.2) is 39.6 Å². The average Bonchev–Trinajstić information content (AvgIpc) is 3.23. The monoisotopic (exact) mass is 467 g/mol. The van der Waals surface area contributed by atoms with Crippen LogP contribution >= 0.6 is 0 Å². The van der Waals surface area contributed by atoms with E-state index in [1.807, 2.05) is 13.0 Å². The predicted octanol–water partition coefficient (Wildman–Crippen LogP) is 2.03. The number of rotatable bonds is 4. The molecule has 0 radical (unpaired) electrons. The second kappa shape index (κ2) is 11.9. The second-order valence-corrected chi connectivity index (χ2v) is 7.78. The van der Waals surface area contributed by atoms with E-state index in [1.165, 1.54) is 55.4 Å². The summed E-state index contributed by atoms with van der Waals surface area (Å²) in [5, 5.41) is 13.6. The van der Waals surface area contributed by atoms with Crippen LogP contribution in [0, 0.1) is 12.7 Å². The number of benzene rings is 1. The Bertz CT molecular complexity index is 1140. The van der Waals surface area contributed by atoms with Crippen LogP contribution in [0.2, 0.25) is 0 Å². The topological polar surface area (TPSA) is 148 Å². The van der Waals surface area contributed by atoms with Crippen molar-refractivity contribution in [3.63, 3.8) is 0 Å². The lowest BCUT2D eigenvalue weighted by Gasteiger charge is -2.10. The molecule has 0 spiro atoms. The summed E-state index contributed by atoms with van der Waals surface area (Å²) in [5.41, 5.74) is 4.37. The van der Waals surface area contributed by atoms with Crippen LogP contribution in [0.3, 0.4) is 0 Å². The number of nitrogens with two attached hydrogens (primary N) is 2. The summed E-state index contributed by atoms with van der Waals surface area (Å²) in [6.07, 6.45) is 7.25. The van der Waals surface area contributed by atoms with E-state index in [4.69, 9.17) is 11.7 Å². The zero-order valence-corrected chi connectivity index (χ0v) is 19.3. The molecule has 180 valence electrons. The number of carbonyl (C=O) groups excluding carboxylic acids is 1. The van der Waals surface area contributed by atoms with Crippen molar-refractivity contribution < 1.29 is 9.18 Å². The number of carbonyl (C=O) groups is 1. The first-order valence-corrected chi connectivity index (χ1v) is 11.0. The summed E-state index contributed by atoms with van der Waals surface area (Å²) >= 11 is 0. The smallest absolute Gasteiger partial charge is 0.256 e. The van der Waals surface area contributed by atoms with Crippen molar-refractivity contribution in [3.05, 3.63) is 65.4 Å². The van der Waals surface area contributed by atoms with E-state index in [9.17, 15) is 9.18 Å². The van der Waals surface area contributed by atoms with Gasteiger partial charge in [-0.2, -0.15) is 10.2 Å². The largest absolute Gasteiger partial charge is 0.321 e. The molecule has 0 aliphatic carbocycles. The third-order valence-corrected chi connectivity index (χ3v) is 5.40. The molecule has 1 saturated heterocycles. The highest BCUT2D eigenvalue weighted by molar-refractivity contribution is 6.05. The maximum absolute atomic E-state index is 14.8. The molecule has 1 aromatic carbocycles. The van der Waals surface area contributed by atoms with Crippen molar-refractivity contribution >= 4 is 17.6 Å². The highest BCUT2D eigenvalue weighted by Crippen LogP contribution is 2.27. The normalized spacial score (nSPS) is 13.6. The van der Waals surface area contributed by atoms with E-state index in [1.54, 1.807) is 19.3 Å². The van der Waals surface area contributed by atoms with Crippen LogP contribution in [0.4, 0.5) is 10.2 Å². The zero-order valence-electron chi connectivity index (χ0n) is 19.3. The quantitative estimate of drug-likeness (QED) is 0.171. The first kappa shape index (κ1) is 24.8. The molecule has 10 nitrogen and oxygen atoms in total. The van der Waals surface area contributed by atoms with Gasteiger partial charge in [0.2, 0.25) is 0 Å². The Labute approximate surface area is 197 Å². The van der Waals surface area contributed by atoms with Gasteiger partial charge in [-0.15, -0.1) is 0 Å². The van der Waals surface area contributed by atoms with Crippen LogP contribution in [-0.2, 0) is 7.05 Å². The van der Waals surface area contributed by atoms with E-state index in [-0.39, 0.29) is 17.0 Å². The van der Waals surface area contributed by atoms with Gasteiger partial charge in [0.25, 0.3) is 5.91 Å². The molecule has 0 atom stereocenters. The number of anilines is 1. The standard InChI is InChI=1S/C18H19FN8O.C5H11N/c1-10-4-3-7-22-16(10)24-18(28)11-5-6-12(14(19)8-11)13-9-23-27(2)15(13)17(25-20)26-21;1-2-4-6-5-3-1/h3-9H,20-21H2,1-2H3,(H,25,26)(H,22,24,28);6H,1-5H2. The van der Waals surface area contributed by atoms with Crippen molar-refractivity contribution in [3.8, 4) is 11.1 Å². The van der Waals surface area contributed by atoms with Gasteiger partial charge in [0.1, 0.15) is 17.3 Å². The van der Waals surface area contributed by atoms with Gasteiger partial charge in [-0.1, -0.05) is 18.6 Å². The number of hydrazine groups is 1. The summed E-state index contributed by atoms with van der Waals surface area (Å²) in [5.74, 6) is 10.2. The van der Waals surface area contributed by atoms with E-state index >= 15 is 0 Å². The Hall–Kier alpha value is -3.83. The van der Waals surface area contributed by atoms with Gasteiger partial charge in [0.15, 0.2) is 5.84 Å². The lowest BCUT2D eigenvalue weighted by atomic mass is 10.0. The van der Waals surface area contributed by atoms with Crippen LogP contribution in [0.25, 0.3) is 11.1 Å². The third-order valence-electron chi connectivity index (χ3n) is 5.40. The fourth-order valence-corrected chi connectivity index (χ4v) is 3.56. The van der Waals surface area contributed by atoms with E-state index in [0.717, 1.165) is 11.6 Å². The molecular weight excluding hydrogens is 437 g/mol. The maximum Gasteiger partial charge on any atom is 0.256 e. The maximum atomic E-state index is 14.8. The molecule has 34 heavy (non-hydrogen) atoms. The summed E-state index contributed by atoms with van der Waals surface area (Å²) in [4.78, 5) is 16.5. The molecule has 0 unspecified atom stereocenters. The molecule has 2 aromatic heterocycles. The van der Waals surface area contributed by atoms with Crippen LogP contribution < -0.4 is 27.7 Å². The molecule has 3 heterocycles. The molecule has 7 N–H and O–H groups in total. The van der Waals surface area contributed by atoms with Gasteiger partial charge in [0.05, 0.1) is 6.20 Å². The minimum absolute atomic E-state index is 0.141. The summed E-state index contributed by atoms with van der Waals surface area (Å²) in [6.45, 7) is 4.32. The summed E-state index contributed by atoms with van der Waals surface area (Å²) < 4.78 is 16.3. The fourth-order valence-electron chi connectivity index (χ4n) is 3.56. The van der Waals surface area contributed by atoms with Gasteiger partial charge in [-0.3, -0.25) is 9.48 Å². The van der Waals surface area contributed by atoms with Crippen LogP contribution in [0.5, 0.6) is 0 Å². The number of aromatic nitrogens is 3. The predicted molar refractivity (Wildman–Crippen MR) is 130 cm³/mol. The SMILES string of the molecule is C1CCNCC1.Cc1cccnc1NC(=O)c1ccc(-c2cnn(C)c2/C(=N/N)NN)c(F)c1. The Balaban J connectivity index is 0.000000469. The first-order valence-electron chi connectivity index (χ1n) is 11.0. The lowest BCUT2D eigenvalue weighted by Crippen LogP contribution is -2.34. The van der Waals surface area contributed by atoms with Crippen molar-refractivity contribution in [2.24, 2.45) is 23.8 Å². The number of halogens is 1. The van der Waals surface area contributed by atoms with E-state index < -0.39 is 11.7 Å². The third kappa shape index (κ3) is 5.94. The number of amides is 1. The summed E-state index contributed by atoms with van der Waals surface area (Å²) in [7, 11) is 1.65. The van der Waals surface area contributed by atoms with Crippen LogP contribution in [0.15, 0.2) is 47.8 Å². The minimum Gasteiger partial charge on any atom is -0.321 e. The Morgan fingerprint density at radius 2 is 1.97 bits per heavy atom. The highest BCUT2D eigenvalue weighted by Gasteiger charge is 2.20. The van der Waals surface area contributed by atoms with E-state index in [2.05, 4.69) is 31.2 Å². The number of aryl methyl sites for hydroxylation is 2. The number of nitrogens with zero attached hydrogens (tertiary/aromatic N) is 4. The van der Waals surface area contributed by atoms with Crippen molar-refractivity contribution in [1.29, 1.82) is 0 Å². The summed E-state index contributed by atoms with van der Waals surface area (Å²) in [6, 6.07) is 7.73. The first-order chi connectivity index (χ1) is 16.5. The molecule has 11 heteroatoms. The van der Waals surface area contributed by atoms with Crippen molar-refractivity contribution in [2.75, 3.05) is 18.4 Å². The molecule has 1 fully saturated rings. The number of hydrogen-bond donors (Lipinski definition) is 5. The number of hydrazone groups is 1. The minimum atomic E-state index is -0.604. The number of amidine groups is 1. The molecule has 3 aromatic rings. The van der Waals surface area contributed by atoms with Gasteiger partial charge in [-0.25, -0.2) is 15.2 Å². The highest BCUT2D eigenvalue weighted by atomic mass is 19.1. The molecular formula is C23H30FN9O. The molecule has 0 saturated carbocycles. The molecule has 1 amide bonds. The number of hydrogen-bond acceptors (Lipinski definition) is 7. The Kier molecular flexibility index (Phi) is 8.66. The molecule has 4 rings (SSSR count). The van der Waals surface area contributed by atoms with Crippen LogP contribution in [0.1, 0.15) is 40.9 Å². The average molecular weight is 468 g/mol. The van der Waals surface area contributed by atoms with Gasteiger partial charge in [-0.05, 0) is 56.6 Å². The van der Waals surface area contributed by atoms with Gasteiger partial charge < -0.3 is 21.9 Å². The Morgan fingerprint density at radius 1 is 1.21 bits per heavy atom. The van der Waals surface area contributed by atoms with Crippen molar-refractivity contribution in [2.45, 2.75) is 26.2 Å². The molecule has 1 aliphatic heterocycles. The lowest BCUT2D eigenvalue weighted by molar-refractivity contribution is 0.102. The number of piperidine rings is 1. The Morgan fingerprint density at radius 3 is 2.53 bits per heavy atom.